The van der Waals surface area contributed by atoms with Crippen LogP contribution in [-0.4, -0.2) is 24.1 Å². The third-order valence-electron chi connectivity index (χ3n) is 1.98. The molecule has 0 atom stereocenters. The summed E-state index contributed by atoms with van der Waals surface area (Å²) in [6, 6.07) is 3.81. The van der Waals surface area contributed by atoms with Crippen molar-refractivity contribution < 1.29 is 4.79 Å². The van der Waals surface area contributed by atoms with Crippen molar-refractivity contribution in [2.24, 2.45) is 0 Å². The second-order valence-electron chi connectivity index (χ2n) is 3.29. The smallest absolute Gasteiger partial charge is 0.314 e. The van der Waals surface area contributed by atoms with Gasteiger partial charge in [-0.15, -0.1) is 0 Å². The van der Waals surface area contributed by atoms with Crippen molar-refractivity contribution in [3.8, 4) is 0 Å². The van der Waals surface area contributed by atoms with E-state index in [1.54, 1.807) is 12.4 Å². The Morgan fingerprint density at radius 1 is 1.27 bits per heavy atom. The van der Waals surface area contributed by atoms with Crippen molar-refractivity contribution in [1.29, 1.82) is 0 Å². The summed E-state index contributed by atoms with van der Waals surface area (Å²) in [4.78, 5) is 15.1. The van der Waals surface area contributed by atoms with Gasteiger partial charge in [0, 0.05) is 25.5 Å². The van der Waals surface area contributed by atoms with Gasteiger partial charge in [-0.3, -0.25) is 4.98 Å². The number of carbonyl (C=O) groups excluding carboxylic acids is 1. The Labute approximate surface area is 90.1 Å². The number of amides is 2. The normalized spacial score (nSPS) is 9.67. The van der Waals surface area contributed by atoms with Crippen LogP contribution in [0, 0.1) is 0 Å². The molecule has 0 saturated heterocycles. The molecule has 0 bridgehead atoms. The summed E-state index contributed by atoms with van der Waals surface area (Å²) < 4.78 is 0. The van der Waals surface area contributed by atoms with Crippen LogP contribution < -0.4 is 10.6 Å². The molecule has 1 heterocycles. The summed E-state index contributed by atoms with van der Waals surface area (Å²) in [5.74, 6) is 0. The molecule has 0 aliphatic carbocycles. The Morgan fingerprint density at radius 3 is 2.60 bits per heavy atom. The summed E-state index contributed by atoms with van der Waals surface area (Å²) >= 11 is 0. The highest BCUT2D eigenvalue weighted by Gasteiger charge is 1.97. The van der Waals surface area contributed by atoms with Gasteiger partial charge in [-0.25, -0.2) is 4.79 Å². The standard InChI is InChI=1S/C11H17N3O/c1-2-6-13-11(15)14-9-5-10-3-7-12-8-4-10/h3-4,7-8H,2,5-6,9H2,1H3,(H2,13,14,15). The SMILES string of the molecule is CCCNC(=O)NCCc1ccncc1. The Balaban J connectivity index is 2.14. The number of carbonyl (C=O) groups is 1. The third-order valence-corrected chi connectivity index (χ3v) is 1.98. The van der Waals surface area contributed by atoms with Crippen LogP contribution in [0.5, 0.6) is 0 Å². The van der Waals surface area contributed by atoms with Crippen LogP contribution in [0.4, 0.5) is 4.79 Å². The molecular formula is C11H17N3O. The molecule has 4 heteroatoms. The zero-order chi connectivity index (χ0) is 10.9. The molecule has 0 fully saturated rings. The van der Waals surface area contributed by atoms with E-state index in [1.165, 1.54) is 5.56 Å². The van der Waals surface area contributed by atoms with E-state index in [1.807, 2.05) is 19.1 Å². The number of nitrogens with one attached hydrogen (secondary N) is 2. The number of rotatable bonds is 5. The second kappa shape index (κ2) is 6.81. The van der Waals surface area contributed by atoms with Gasteiger partial charge in [0.15, 0.2) is 0 Å². The summed E-state index contributed by atoms with van der Waals surface area (Å²) in [7, 11) is 0. The Kier molecular flexibility index (Phi) is 5.22. The Hall–Kier alpha value is -1.58. The first-order chi connectivity index (χ1) is 7.33. The highest BCUT2D eigenvalue weighted by molar-refractivity contribution is 5.73. The van der Waals surface area contributed by atoms with Crippen molar-refractivity contribution in [2.75, 3.05) is 13.1 Å². The van der Waals surface area contributed by atoms with E-state index in [0.717, 1.165) is 19.4 Å². The molecule has 0 spiro atoms. The lowest BCUT2D eigenvalue weighted by atomic mass is 10.2. The van der Waals surface area contributed by atoms with Crippen LogP contribution in [0.3, 0.4) is 0 Å². The molecule has 0 saturated carbocycles. The zero-order valence-electron chi connectivity index (χ0n) is 8.99. The average molecular weight is 207 g/mol. The van der Waals surface area contributed by atoms with Gasteiger partial charge < -0.3 is 10.6 Å². The lowest BCUT2D eigenvalue weighted by molar-refractivity contribution is 0.241. The largest absolute Gasteiger partial charge is 0.338 e. The molecule has 2 amide bonds. The summed E-state index contributed by atoms with van der Waals surface area (Å²) in [5, 5.41) is 5.55. The van der Waals surface area contributed by atoms with Gasteiger partial charge >= 0.3 is 6.03 Å². The quantitative estimate of drug-likeness (QED) is 0.765. The highest BCUT2D eigenvalue weighted by Crippen LogP contribution is 1.95. The van der Waals surface area contributed by atoms with Crippen molar-refractivity contribution in [3.63, 3.8) is 0 Å². The molecule has 0 aliphatic rings. The monoisotopic (exact) mass is 207 g/mol. The summed E-state index contributed by atoms with van der Waals surface area (Å²) in [6.07, 6.45) is 5.30. The first-order valence-electron chi connectivity index (χ1n) is 5.23. The number of nitrogens with zero attached hydrogens (tertiary/aromatic N) is 1. The zero-order valence-corrected chi connectivity index (χ0v) is 8.99. The molecule has 1 aromatic rings. The fraction of sp³-hybridized carbons (Fsp3) is 0.455. The van der Waals surface area contributed by atoms with Crippen LogP contribution in [0.1, 0.15) is 18.9 Å². The molecule has 0 aromatic carbocycles. The number of pyridine rings is 1. The first kappa shape index (κ1) is 11.5. The minimum atomic E-state index is -0.0918. The maximum absolute atomic E-state index is 11.2. The molecule has 2 N–H and O–H groups in total. The molecule has 1 rings (SSSR count). The first-order valence-corrected chi connectivity index (χ1v) is 5.23. The fourth-order valence-corrected chi connectivity index (χ4v) is 1.17. The average Bonchev–Trinajstić information content (AvgIpc) is 2.28. The van der Waals surface area contributed by atoms with Crippen molar-refractivity contribution in [2.45, 2.75) is 19.8 Å². The van der Waals surface area contributed by atoms with Crippen molar-refractivity contribution in [1.82, 2.24) is 15.6 Å². The topological polar surface area (TPSA) is 54.0 Å². The van der Waals surface area contributed by atoms with Crippen LogP contribution in [0.25, 0.3) is 0 Å². The number of hydrogen-bond acceptors (Lipinski definition) is 2. The summed E-state index contributed by atoms with van der Waals surface area (Å²) in [6.45, 7) is 3.40. The fourth-order valence-electron chi connectivity index (χ4n) is 1.17. The van der Waals surface area contributed by atoms with Crippen molar-refractivity contribution in [3.05, 3.63) is 30.1 Å². The number of hydrogen-bond donors (Lipinski definition) is 2. The molecular weight excluding hydrogens is 190 g/mol. The number of aromatic nitrogens is 1. The molecule has 0 aliphatic heterocycles. The maximum atomic E-state index is 11.2. The van der Waals surface area contributed by atoms with Gasteiger partial charge in [-0.2, -0.15) is 0 Å². The van der Waals surface area contributed by atoms with Gasteiger partial charge in [0.1, 0.15) is 0 Å². The van der Waals surface area contributed by atoms with E-state index in [9.17, 15) is 4.79 Å². The van der Waals surface area contributed by atoms with E-state index >= 15 is 0 Å². The van der Waals surface area contributed by atoms with Crippen molar-refractivity contribution >= 4 is 6.03 Å². The minimum absolute atomic E-state index is 0.0918. The minimum Gasteiger partial charge on any atom is -0.338 e. The van der Waals surface area contributed by atoms with E-state index in [-0.39, 0.29) is 6.03 Å². The van der Waals surface area contributed by atoms with E-state index in [0.29, 0.717) is 6.54 Å². The Bertz CT molecular complexity index is 287. The molecule has 0 radical (unpaired) electrons. The van der Waals surface area contributed by atoms with Gasteiger partial charge in [-0.1, -0.05) is 6.92 Å². The molecule has 4 nitrogen and oxygen atoms in total. The van der Waals surface area contributed by atoms with Crippen LogP contribution in [-0.2, 0) is 6.42 Å². The van der Waals surface area contributed by atoms with Crippen LogP contribution >= 0.6 is 0 Å². The maximum Gasteiger partial charge on any atom is 0.314 e. The molecule has 82 valence electrons. The van der Waals surface area contributed by atoms with E-state index < -0.39 is 0 Å². The second-order valence-corrected chi connectivity index (χ2v) is 3.29. The van der Waals surface area contributed by atoms with Gasteiger partial charge in [-0.05, 0) is 30.5 Å². The molecule has 1 aromatic heterocycles. The van der Waals surface area contributed by atoms with Crippen LogP contribution in [0.15, 0.2) is 24.5 Å². The lowest BCUT2D eigenvalue weighted by Crippen LogP contribution is -2.36. The highest BCUT2D eigenvalue weighted by atomic mass is 16.2. The van der Waals surface area contributed by atoms with Gasteiger partial charge in [0.25, 0.3) is 0 Å². The predicted octanol–water partition coefficient (Wildman–Crippen LogP) is 1.33. The van der Waals surface area contributed by atoms with Gasteiger partial charge in [0.2, 0.25) is 0 Å². The summed E-state index contributed by atoms with van der Waals surface area (Å²) in [5.41, 5.74) is 1.18. The van der Waals surface area contributed by atoms with Gasteiger partial charge in [0.05, 0.1) is 0 Å². The van der Waals surface area contributed by atoms with E-state index in [4.69, 9.17) is 0 Å². The van der Waals surface area contributed by atoms with E-state index in [2.05, 4.69) is 15.6 Å². The Morgan fingerprint density at radius 2 is 1.93 bits per heavy atom. The third kappa shape index (κ3) is 5.00. The van der Waals surface area contributed by atoms with Crippen LogP contribution in [0.2, 0.25) is 0 Å². The molecule has 15 heavy (non-hydrogen) atoms. The lowest BCUT2D eigenvalue weighted by Gasteiger charge is -2.06. The number of urea groups is 1. The predicted molar refractivity (Wildman–Crippen MR) is 59.6 cm³/mol. The molecule has 0 unspecified atom stereocenters.